The molecule has 0 aliphatic carbocycles. The molecule has 10 rings (SSSR count). The number of hydrogen-bond acceptors (Lipinski definition) is 18. The number of ether oxygens (including phenoxy) is 6. The van der Waals surface area contributed by atoms with Crippen molar-refractivity contribution in [3.63, 3.8) is 0 Å². The van der Waals surface area contributed by atoms with Crippen LogP contribution in [-0.2, 0) is 51.8 Å². The third kappa shape index (κ3) is 10.4. The van der Waals surface area contributed by atoms with Gasteiger partial charge in [-0.05, 0) is 117 Å². The average Bonchev–Trinajstić information content (AvgIpc) is 3.84. The molecular weight excluding hydrogens is 946 g/mol. The van der Waals surface area contributed by atoms with Crippen LogP contribution >= 0.6 is 23.2 Å². The number of morpholine rings is 3. The second-order valence-corrected chi connectivity index (χ2v) is 20.0. The number of aromatic nitrogens is 6. The normalized spacial score (nSPS) is 22.6. The van der Waals surface area contributed by atoms with Crippen molar-refractivity contribution in [2.45, 2.75) is 111 Å². The molecule has 70 heavy (non-hydrogen) atoms. The lowest BCUT2D eigenvalue weighted by Gasteiger charge is -2.35. The van der Waals surface area contributed by atoms with Crippen LogP contribution in [-0.4, -0.2) is 132 Å². The molecule has 9 heterocycles. The van der Waals surface area contributed by atoms with E-state index in [1.807, 2.05) is 65.5 Å². The predicted octanol–water partition coefficient (Wildman–Crippen LogP) is 6.80. The monoisotopic (exact) mass is 1010 g/mol. The first-order chi connectivity index (χ1) is 33.2. The summed E-state index contributed by atoms with van der Waals surface area (Å²) in [5.74, 6) is 1.74. The highest BCUT2D eigenvalue weighted by Crippen LogP contribution is 2.43. The highest BCUT2D eigenvalue weighted by Gasteiger charge is 2.46. The van der Waals surface area contributed by atoms with Crippen molar-refractivity contribution in [2.24, 2.45) is 0 Å². The molecule has 4 aromatic rings. The summed E-state index contributed by atoms with van der Waals surface area (Å²) in [5.41, 5.74) is 3.38. The Morgan fingerprint density at radius 1 is 0.643 bits per heavy atom. The number of benzene rings is 1. The molecule has 6 aliphatic rings. The Labute approximate surface area is 417 Å². The van der Waals surface area contributed by atoms with Crippen LogP contribution in [0.25, 0.3) is 11.4 Å². The van der Waals surface area contributed by atoms with Crippen LogP contribution < -0.4 is 25.3 Å². The van der Waals surface area contributed by atoms with Gasteiger partial charge >= 0.3 is 18.0 Å². The molecule has 3 saturated heterocycles. The molecule has 2 amide bonds. The molecule has 1 aromatic carbocycles. The van der Waals surface area contributed by atoms with Crippen LogP contribution in [0.15, 0.2) is 24.3 Å². The predicted molar refractivity (Wildman–Crippen MR) is 262 cm³/mol. The average molecular weight is 1010 g/mol. The second kappa shape index (κ2) is 20.3. The Bertz CT molecular complexity index is 2640. The Morgan fingerprint density at radius 2 is 1.10 bits per heavy atom. The van der Waals surface area contributed by atoms with Gasteiger partial charge in [0.25, 0.3) is 0 Å². The lowest BCUT2D eigenvalue weighted by Crippen LogP contribution is -2.45. The van der Waals surface area contributed by atoms with Crippen molar-refractivity contribution in [1.29, 1.82) is 0 Å². The van der Waals surface area contributed by atoms with Crippen LogP contribution in [0, 0.1) is 0 Å². The Morgan fingerprint density at radius 3 is 1.60 bits per heavy atom. The van der Waals surface area contributed by atoms with Crippen molar-refractivity contribution in [1.82, 2.24) is 35.2 Å². The SMILES string of the molecule is CCNC(=O)Nc1ccc(-c2nc(N3CCOC[C@@H]3C)c3c(n2)C(C)(C)OC3=O)cc1.C[C@H]1COCCN1c1nc(Cl)nc2c1C(=O)OC2(C)C.C[C@H]1COCCN1c1nc(Cl)nc2c1COC2(C)C. The summed E-state index contributed by atoms with van der Waals surface area (Å²) >= 11 is 12.1. The number of urea groups is 1. The maximum Gasteiger partial charge on any atom is 0.344 e. The van der Waals surface area contributed by atoms with E-state index < -0.39 is 28.7 Å². The van der Waals surface area contributed by atoms with Crippen molar-refractivity contribution < 1.29 is 42.8 Å². The topological polar surface area (TPSA) is 218 Å². The summed E-state index contributed by atoms with van der Waals surface area (Å²) in [4.78, 5) is 69.7. The van der Waals surface area contributed by atoms with E-state index in [4.69, 9.17) is 61.6 Å². The summed E-state index contributed by atoms with van der Waals surface area (Å²) in [6, 6.07) is 7.50. The van der Waals surface area contributed by atoms with E-state index in [9.17, 15) is 14.4 Å². The number of cyclic esters (lactones) is 2. The van der Waals surface area contributed by atoms with E-state index in [1.165, 1.54) is 0 Å². The summed E-state index contributed by atoms with van der Waals surface area (Å²) in [6.45, 7) is 26.3. The van der Waals surface area contributed by atoms with E-state index in [2.05, 4.69) is 47.3 Å². The first kappa shape index (κ1) is 50.9. The zero-order valence-electron chi connectivity index (χ0n) is 41.3. The quantitative estimate of drug-likeness (QED) is 0.150. The van der Waals surface area contributed by atoms with Crippen LogP contribution in [0.3, 0.4) is 0 Å². The van der Waals surface area contributed by atoms with Gasteiger partial charge in [-0.1, -0.05) is 0 Å². The van der Waals surface area contributed by atoms with Gasteiger partial charge < -0.3 is 53.8 Å². The Balaban J connectivity index is 0.000000147. The number of anilines is 4. The van der Waals surface area contributed by atoms with Gasteiger partial charge in [-0.2, -0.15) is 4.98 Å². The zero-order valence-corrected chi connectivity index (χ0v) is 42.8. The third-order valence-electron chi connectivity index (χ3n) is 12.8. The molecule has 6 aliphatic heterocycles. The van der Waals surface area contributed by atoms with E-state index in [0.717, 1.165) is 29.2 Å². The molecule has 3 fully saturated rings. The van der Waals surface area contributed by atoms with Gasteiger partial charge in [0.2, 0.25) is 10.6 Å². The molecule has 3 atom stereocenters. The first-order valence-corrected chi connectivity index (χ1v) is 24.3. The number of halogens is 2. The van der Waals surface area contributed by atoms with Gasteiger partial charge in [-0.25, -0.2) is 39.3 Å². The van der Waals surface area contributed by atoms with E-state index in [0.29, 0.717) is 112 Å². The lowest BCUT2D eigenvalue weighted by molar-refractivity contribution is -0.0101. The fourth-order valence-electron chi connectivity index (χ4n) is 9.12. The number of nitrogens with one attached hydrogen (secondary N) is 2. The minimum Gasteiger partial charge on any atom is -0.449 e. The van der Waals surface area contributed by atoms with Crippen molar-refractivity contribution in [3.8, 4) is 11.4 Å². The molecule has 20 nitrogen and oxygen atoms in total. The zero-order chi connectivity index (χ0) is 50.3. The van der Waals surface area contributed by atoms with Gasteiger partial charge in [-0.3, -0.25) is 0 Å². The molecule has 0 saturated carbocycles. The second-order valence-electron chi connectivity index (χ2n) is 19.3. The summed E-state index contributed by atoms with van der Waals surface area (Å²) in [6.07, 6.45) is 0. The number of fused-ring (bicyclic) bond motifs is 3. The molecule has 0 radical (unpaired) electrons. The number of amides is 2. The fourth-order valence-corrected chi connectivity index (χ4v) is 9.45. The lowest BCUT2D eigenvalue weighted by atomic mass is 10.0. The van der Waals surface area contributed by atoms with Crippen LogP contribution in [0.1, 0.15) is 113 Å². The minimum absolute atomic E-state index is 0.0702. The summed E-state index contributed by atoms with van der Waals surface area (Å²) < 4.78 is 33.3. The molecule has 376 valence electrons. The molecule has 22 heteroatoms. The molecule has 0 unspecified atom stereocenters. The van der Waals surface area contributed by atoms with Gasteiger partial charge in [0.05, 0.1) is 70.1 Å². The highest BCUT2D eigenvalue weighted by molar-refractivity contribution is 6.28. The maximum atomic E-state index is 12.7. The van der Waals surface area contributed by atoms with Crippen molar-refractivity contribution in [3.05, 3.63) is 68.6 Å². The smallest absolute Gasteiger partial charge is 0.344 e. The van der Waals surface area contributed by atoms with Gasteiger partial charge in [0, 0.05) is 43.0 Å². The van der Waals surface area contributed by atoms with E-state index in [-0.39, 0.29) is 34.7 Å². The van der Waals surface area contributed by atoms with Crippen LogP contribution in [0.5, 0.6) is 0 Å². The minimum atomic E-state index is -0.839. The number of carbonyl (C=O) groups is 3. The van der Waals surface area contributed by atoms with Crippen LogP contribution in [0.2, 0.25) is 10.6 Å². The molecular formula is C48H61Cl2N11O9. The summed E-state index contributed by atoms with van der Waals surface area (Å²) in [5, 5.41) is 5.88. The van der Waals surface area contributed by atoms with Crippen molar-refractivity contribution in [2.75, 3.05) is 85.8 Å². The standard InChI is InChI=1S/C22H27N5O4.C13H16ClN3O3.C13H18ClN3O2/c1-5-23-21(29)24-15-8-6-14(7-9-15)18-25-17-16(20(28)31-22(17,3)4)19(26-18)27-10-11-30-12-13(27)2;1-7-6-19-5-4-17(7)10-8-9(15-12(14)16-10)13(2,3)20-11(8)18;1-8-6-18-5-4-17(8)11-9-7-19-13(2,3)10(9)15-12(14)16-11/h6-9,13H,5,10-12H2,1-4H3,(H2,23,24,29);7H,4-6H2,1-3H3;8H,4-7H2,1-3H3/t13-;7-;8-/m000/s1. The number of rotatable bonds is 6. The van der Waals surface area contributed by atoms with Gasteiger partial charge in [0.15, 0.2) is 5.82 Å². The number of hydrogen-bond donors (Lipinski definition) is 2. The largest absolute Gasteiger partial charge is 0.449 e. The van der Waals surface area contributed by atoms with Crippen molar-refractivity contribution >= 4 is 64.3 Å². The van der Waals surface area contributed by atoms with Gasteiger partial charge in [-0.15, -0.1) is 0 Å². The number of carbonyl (C=O) groups excluding carboxylic acids is 3. The molecule has 2 N–H and O–H groups in total. The third-order valence-corrected chi connectivity index (χ3v) is 13.1. The maximum absolute atomic E-state index is 12.7. The molecule has 0 bridgehead atoms. The fraction of sp³-hybridized carbons (Fsp3) is 0.562. The van der Waals surface area contributed by atoms with Gasteiger partial charge in [0.1, 0.15) is 56.8 Å². The number of nitrogens with zero attached hydrogens (tertiary/aromatic N) is 9. The first-order valence-electron chi connectivity index (χ1n) is 23.6. The Hall–Kier alpha value is -5.51. The van der Waals surface area contributed by atoms with E-state index >= 15 is 0 Å². The van der Waals surface area contributed by atoms with Crippen LogP contribution in [0.4, 0.5) is 27.9 Å². The number of esters is 2. The summed E-state index contributed by atoms with van der Waals surface area (Å²) in [7, 11) is 0. The highest BCUT2D eigenvalue weighted by atomic mass is 35.5. The molecule has 3 aromatic heterocycles. The Kier molecular flexibility index (Phi) is 14.8. The molecule has 0 spiro atoms. The van der Waals surface area contributed by atoms with E-state index in [1.54, 1.807) is 26.0 Å².